The minimum absolute atomic E-state index is 0.190. The summed E-state index contributed by atoms with van der Waals surface area (Å²) in [6, 6.07) is 12.8. The zero-order valence-corrected chi connectivity index (χ0v) is 15.2. The molecule has 0 radical (unpaired) electrons. The Balaban J connectivity index is 1.59. The van der Waals surface area contributed by atoms with Crippen LogP contribution in [0.3, 0.4) is 0 Å². The monoisotopic (exact) mass is 389 g/mol. The quantitative estimate of drug-likeness (QED) is 0.548. The van der Waals surface area contributed by atoms with E-state index >= 15 is 0 Å². The van der Waals surface area contributed by atoms with E-state index in [0.29, 0.717) is 22.2 Å². The third kappa shape index (κ3) is 3.68. The lowest BCUT2D eigenvalue weighted by atomic mass is 10.1. The van der Waals surface area contributed by atoms with E-state index in [0.717, 1.165) is 5.52 Å². The summed E-state index contributed by atoms with van der Waals surface area (Å²) in [4.78, 5) is 28.0. The molecule has 144 valence electrons. The lowest BCUT2D eigenvalue weighted by Gasteiger charge is -2.08. The maximum absolute atomic E-state index is 13.2. The molecule has 0 spiro atoms. The van der Waals surface area contributed by atoms with E-state index in [2.05, 4.69) is 15.4 Å². The molecular weight excluding hydrogens is 373 g/mol. The van der Waals surface area contributed by atoms with Crippen LogP contribution in [0.1, 0.15) is 26.3 Å². The number of halogens is 1. The molecule has 0 atom stereocenters. The lowest BCUT2D eigenvalue weighted by molar-refractivity contribution is 0.0952. The highest BCUT2D eigenvalue weighted by molar-refractivity contribution is 6.06. The summed E-state index contributed by atoms with van der Waals surface area (Å²) in [5.41, 5.74) is 8.05. The average Bonchev–Trinajstić information content (AvgIpc) is 3.17. The van der Waals surface area contributed by atoms with Crippen LogP contribution < -0.4 is 11.1 Å². The third-order valence-corrected chi connectivity index (χ3v) is 4.46. The van der Waals surface area contributed by atoms with Crippen molar-refractivity contribution in [2.45, 2.75) is 6.54 Å². The highest BCUT2D eigenvalue weighted by Gasteiger charge is 2.14. The first kappa shape index (κ1) is 18.3. The minimum atomic E-state index is -0.580. The number of nitrogens with zero attached hydrogens (tertiary/aromatic N) is 3. The van der Waals surface area contributed by atoms with Gasteiger partial charge < -0.3 is 11.1 Å². The molecule has 2 aromatic carbocycles. The number of amides is 2. The van der Waals surface area contributed by atoms with Crippen molar-refractivity contribution >= 4 is 22.7 Å². The van der Waals surface area contributed by atoms with E-state index in [1.54, 1.807) is 47.4 Å². The molecular formula is C21H16FN5O2. The standard InChI is InChI=1S/C21H16FN5O2/c22-15-4-6-16(7-5-15)27-19-3-1-2-17(18(19)12-26-27)21(29)25-10-13-8-14(20(23)28)11-24-9-13/h1-9,11-12H,10H2,(H2,23,28)(H,25,29). The number of aromatic nitrogens is 3. The molecule has 0 aliphatic carbocycles. The van der Waals surface area contributed by atoms with Crippen molar-refractivity contribution in [2.75, 3.05) is 0 Å². The number of hydrogen-bond acceptors (Lipinski definition) is 4. The van der Waals surface area contributed by atoms with Crippen LogP contribution in [0.4, 0.5) is 4.39 Å². The second-order valence-corrected chi connectivity index (χ2v) is 6.40. The van der Waals surface area contributed by atoms with Gasteiger partial charge in [0.05, 0.1) is 28.5 Å². The Bertz CT molecular complexity index is 1220. The maximum Gasteiger partial charge on any atom is 0.252 e. The number of primary amides is 1. The fourth-order valence-corrected chi connectivity index (χ4v) is 3.03. The van der Waals surface area contributed by atoms with Crippen LogP contribution in [0, 0.1) is 5.82 Å². The predicted octanol–water partition coefficient (Wildman–Crippen LogP) is 2.59. The van der Waals surface area contributed by atoms with E-state index in [1.165, 1.54) is 18.3 Å². The van der Waals surface area contributed by atoms with E-state index in [-0.39, 0.29) is 23.8 Å². The van der Waals surface area contributed by atoms with Gasteiger partial charge in [-0.25, -0.2) is 9.07 Å². The number of rotatable bonds is 5. The number of hydrogen-bond donors (Lipinski definition) is 2. The SMILES string of the molecule is NC(=O)c1cncc(CNC(=O)c2cccc3c2cnn3-c2ccc(F)cc2)c1. The molecule has 7 nitrogen and oxygen atoms in total. The number of fused-ring (bicyclic) bond motifs is 1. The van der Waals surface area contributed by atoms with Crippen LogP contribution in [0.2, 0.25) is 0 Å². The van der Waals surface area contributed by atoms with Gasteiger partial charge in [-0.1, -0.05) is 6.07 Å². The number of benzene rings is 2. The van der Waals surface area contributed by atoms with Crippen molar-refractivity contribution < 1.29 is 14.0 Å². The zero-order valence-electron chi connectivity index (χ0n) is 15.2. The largest absolute Gasteiger partial charge is 0.366 e. The molecule has 0 unspecified atom stereocenters. The first-order valence-corrected chi connectivity index (χ1v) is 8.77. The van der Waals surface area contributed by atoms with Gasteiger partial charge in [-0.3, -0.25) is 14.6 Å². The first-order valence-electron chi connectivity index (χ1n) is 8.77. The highest BCUT2D eigenvalue weighted by Crippen LogP contribution is 2.22. The Labute approximate surface area is 165 Å². The molecule has 0 aliphatic heterocycles. The van der Waals surface area contributed by atoms with Gasteiger partial charge in [0.1, 0.15) is 5.82 Å². The van der Waals surface area contributed by atoms with Crippen LogP contribution >= 0.6 is 0 Å². The van der Waals surface area contributed by atoms with Crippen molar-refractivity contribution in [2.24, 2.45) is 5.73 Å². The average molecular weight is 389 g/mol. The number of nitrogens with one attached hydrogen (secondary N) is 1. The molecule has 29 heavy (non-hydrogen) atoms. The molecule has 4 rings (SSSR count). The Hall–Kier alpha value is -4.07. The molecule has 0 bridgehead atoms. The smallest absolute Gasteiger partial charge is 0.252 e. The van der Waals surface area contributed by atoms with Crippen molar-refractivity contribution in [3.8, 4) is 5.69 Å². The Morgan fingerprint density at radius 1 is 1.07 bits per heavy atom. The van der Waals surface area contributed by atoms with Gasteiger partial charge in [-0.05, 0) is 48.0 Å². The Morgan fingerprint density at radius 2 is 1.86 bits per heavy atom. The summed E-state index contributed by atoms with van der Waals surface area (Å²) in [6.45, 7) is 0.190. The normalized spacial score (nSPS) is 10.8. The molecule has 0 aliphatic rings. The predicted molar refractivity (Wildman–Crippen MR) is 105 cm³/mol. The van der Waals surface area contributed by atoms with Crippen LogP contribution in [0.15, 0.2) is 67.1 Å². The molecule has 3 N–H and O–H groups in total. The van der Waals surface area contributed by atoms with Crippen LogP contribution in [-0.2, 0) is 6.54 Å². The lowest BCUT2D eigenvalue weighted by Crippen LogP contribution is -2.23. The maximum atomic E-state index is 13.2. The first-order chi connectivity index (χ1) is 14.0. The van der Waals surface area contributed by atoms with Crippen molar-refractivity contribution in [1.29, 1.82) is 0 Å². The summed E-state index contributed by atoms with van der Waals surface area (Å²) >= 11 is 0. The molecule has 2 amide bonds. The summed E-state index contributed by atoms with van der Waals surface area (Å²) in [7, 11) is 0. The topological polar surface area (TPSA) is 103 Å². The molecule has 2 aromatic heterocycles. The van der Waals surface area contributed by atoms with Crippen LogP contribution in [0.5, 0.6) is 0 Å². The highest BCUT2D eigenvalue weighted by atomic mass is 19.1. The Kier molecular flexibility index (Phi) is 4.74. The van der Waals surface area contributed by atoms with Gasteiger partial charge in [-0.15, -0.1) is 0 Å². The van der Waals surface area contributed by atoms with E-state index in [1.807, 2.05) is 6.07 Å². The molecule has 4 aromatic rings. The number of pyridine rings is 1. The fourth-order valence-electron chi connectivity index (χ4n) is 3.03. The van der Waals surface area contributed by atoms with Gasteiger partial charge in [0.25, 0.3) is 5.91 Å². The number of nitrogens with two attached hydrogens (primary N) is 1. The van der Waals surface area contributed by atoms with Gasteiger partial charge in [0.15, 0.2) is 0 Å². The fraction of sp³-hybridized carbons (Fsp3) is 0.0476. The Morgan fingerprint density at radius 3 is 2.62 bits per heavy atom. The summed E-state index contributed by atoms with van der Waals surface area (Å²) in [5.74, 6) is -1.21. The molecule has 2 heterocycles. The molecule has 0 fully saturated rings. The molecule has 0 saturated carbocycles. The molecule has 0 saturated heterocycles. The van der Waals surface area contributed by atoms with Gasteiger partial charge in [0.2, 0.25) is 5.91 Å². The zero-order chi connectivity index (χ0) is 20.4. The summed E-state index contributed by atoms with van der Waals surface area (Å²) in [5, 5.41) is 7.82. The van der Waals surface area contributed by atoms with E-state index in [9.17, 15) is 14.0 Å². The second-order valence-electron chi connectivity index (χ2n) is 6.40. The van der Waals surface area contributed by atoms with E-state index in [4.69, 9.17) is 5.73 Å². The van der Waals surface area contributed by atoms with Crippen LogP contribution in [-0.4, -0.2) is 26.6 Å². The summed E-state index contributed by atoms with van der Waals surface area (Å²) in [6.07, 6.45) is 4.53. The minimum Gasteiger partial charge on any atom is -0.366 e. The summed E-state index contributed by atoms with van der Waals surface area (Å²) < 4.78 is 14.8. The molecule has 8 heteroatoms. The number of carbonyl (C=O) groups is 2. The number of carbonyl (C=O) groups excluding carboxylic acids is 2. The van der Waals surface area contributed by atoms with Crippen molar-refractivity contribution in [3.05, 3.63) is 89.6 Å². The van der Waals surface area contributed by atoms with E-state index < -0.39 is 5.91 Å². The third-order valence-electron chi connectivity index (χ3n) is 4.46. The van der Waals surface area contributed by atoms with Gasteiger partial charge in [-0.2, -0.15) is 5.10 Å². The van der Waals surface area contributed by atoms with Gasteiger partial charge in [0, 0.05) is 24.3 Å². The van der Waals surface area contributed by atoms with Crippen molar-refractivity contribution in [3.63, 3.8) is 0 Å². The van der Waals surface area contributed by atoms with Gasteiger partial charge >= 0.3 is 0 Å². The van der Waals surface area contributed by atoms with Crippen LogP contribution in [0.25, 0.3) is 16.6 Å². The van der Waals surface area contributed by atoms with Crippen molar-refractivity contribution in [1.82, 2.24) is 20.1 Å². The second kappa shape index (κ2) is 7.51.